The van der Waals surface area contributed by atoms with Crippen molar-refractivity contribution in [2.45, 2.75) is 25.6 Å². The summed E-state index contributed by atoms with van der Waals surface area (Å²) in [6.45, 7) is 2.59. The highest BCUT2D eigenvalue weighted by Gasteiger charge is 2.56. The molecule has 0 aliphatic rings. The summed E-state index contributed by atoms with van der Waals surface area (Å²) >= 11 is 0. The molecule has 4 aromatic rings. The van der Waals surface area contributed by atoms with Gasteiger partial charge in [0.15, 0.2) is 0 Å². The van der Waals surface area contributed by atoms with E-state index in [4.69, 9.17) is 4.74 Å². The third kappa shape index (κ3) is 3.93. The molecule has 1 atom stereocenters. The molecule has 1 heterocycles. The highest BCUT2D eigenvalue weighted by Crippen LogP contribution is 2.40. The van der Waals surface area contributed by atoms with Crippen LogP contribution in [0.2, 0.25) is 0 Å². The van der Waals surface area contributed by atoms with Crippen LogP contribution in [0.4, 0.5) is 17.6 Å². The lowest BCUT2D eigenvalue weighted by atomic mass is 9.93. The van der Waals surface area contributed by atoms with Crippen molar-refractivity contribution in [3.05, 3.63) is 89.4 Å². The largest absolute Gasteiger partial charge is 0.490 e. The van der Waals surface area contributed by atoms with Gasteiger partial charge in [0.05, 0.1) is 17.4 Å². The number of ether oxygens (including phenoxy) is 1. The van der Waals surface area contributed by atoms with Crippen LogP contribution >= 0.6 is 0 Å². The second kappa shape index (κ2) is 7.94. The van der Waals surface area contributed by atoms with Gasteiger partial charge in [-0.15, -0.1) is 0 Å². The summed E-state index contributed by atoms with van der Waals surface area (Å²) in [5, 5.41) is 15.3. The first-order valence-corrected chi connectivity index (χ1v) is 9.82. The molecule has 0 saturated heterocycles. The van der Waals surface area contributed by atoms with Crippen LogP contribution in [0, 0.1) is 19.7 Å². The van der Waals surface area contributed by atoms with Gasteiger partial charge in [0.25, 0.3) is 0 Å². The van der Waals surface area contributed by atoms with E-state index < -0.39 is 24.2 Å². The fourth-order valence-corrected chi connectivity index (χ4v) is 3.55. The van der Waals surface area contributed by atoms with E-state index in [1.807, 2.05) is 6.92 Å². The van der Waals surface area contributed by atoms with E-state index in [2.05, 4.69) is 5.10 Å². The second-order valence-corrected chi connectivity index (χ2v) is 7.72. The van der Waals surface area contributed by atoms with Gasteiger partial charge in [-0.25, -0.2) is 9.07 Å². The third-order valence-electron chi connectivity index (χ3n) is 5.35. The molecule has 0 radical (unpaired) electrons. The summed E-state index contributed by atoms with van der Waals surface area (Å²) < 4.78 is 62.0. The SMILES string of the molecule is Cc1ccc(OCC(O)(c2ccc3c(cnn3-c3ccc(F)cc3)c2)C(F)(F)F)c(C)c1. The summed E-state index contributed by atoms with van der Waals surface area (Å²) in [6.07, 6.45) is -3.59. The van der Waals surface area contributed by atoms with Crippen molar-refractivity contribution in [1.82, 2.24) is 9.78 Å². The summed E-state index contributed by atoms with van der Waals surface area (Å²) in [4.78, 5) is 0. The van der Waals surface area contributed by atoms with E-state index in [-0.39, 0.29) is 11.3 Å². The molecule has 4 rings (SSSR count). The zero-order chi connectivity index (χ0) is 23.1. The summed E-state index contributed by atoms with van der Waals surface area (Å²) in [7, 11) is 0. The number of nitrogens with zero attached hydrogens (tertiary/aromatic N) is 2. The van der Waals surface area contributed by atoms with Crippen molar-refractivity contribution in [3.63, 3.8) is 0 Å². The van der Waals surface area contributed by atoms with Gasteiger partial charge in [0.1, 0.15) is 18.2 Å². The number of aliphatic hydroxyl groups is 1. The Labute approximate surface area is 181 Å². The number of halogens is 4. The molecule has 0 bridgehead atoms. The van der Waals surface area contributed by atoms with Gasteiger partial charge >= 0.3 is 6.18 Å². The monoisotopic (exact) mass is 444 g/mol. The smallest absolute Gasteiger partial charge is 0.424 e. The van der Waals surface area contributed by atoms with Gasteiger partial charge in [-0.3, -0.25) is 0 Å². The average molecular weight is 444 g/mol. The average Bonchev–Trinajstić information content (AvgIpc) is 3.16. The van der Waals surface area contributed by atoms with Crippen LogP contribution in [-0.4, -0.2) is 27.7 Å². The van der Waals surface area contributed by atoms with Crippen LogP contribution in [0.5, 0.6) is 5.75 Å². The van der Waals surface area contributed by atoms with E-state index >= 15 is 0 Å². The van der Waals surface area contributed by atoms with Gasteiger partial charge in [0.2, 0.25) is 5.60 Å². The number of hydrogen-bond acceptors (Lipinski definition) is 3. The van der Waals surface area contributed by atoms with Crippen molar-refractivity contribution < 1.29 is 27.4 Å². The van der Waals surface area contributed by atoms with Crippen LogP contribution in [-0.2, 0) is 5.60 Å². The molecule has 0 fully saturated rings. The Balaban J connectivity index is 1.70. The minimum Gasteiger partial charge on any atom is -0.490 e. The minimum atomic E-state index is -4.98. The zero-order valence-corrected chi connectivity index (χ0v) is 17.3. The van der Waals surface area contributed by atoms with E-state index in [1.165, 1.54) is 53.3 Å². The molecular formula is C24H20F4N2O2. The topological polar surface area (TPSA) is 47.3 Å². The highest BCUT2D eigenvalue weighted by molar-refractivity contribution is 5.81. The molecule has 4 nitrogen and oxygen atoms in total. The van der Waals surface area contributed by atoms with Crippen molar-refractivity contribution in [3.8, 4) is 11.4 Å². The molecule has 166 valence electrons. The van der Waals surface area contributed by atoms with Crippen LogP contribution in [0.15, 0.2) is 66.9 Å². The first-order chi connectivity index (χ1) is 15.1. The maximum absolute atomic E-state index is 14.0. The van der Waals surface area contributed by atoms with Crippen molar-refractivity contribution in [1.29, 1.82) is 0 Å². The van der Waals surface area contributed by atoms with Crippen LogP contribution in [0.3, 0.4) is 0 Å². The fourth-order valence-electron chi connectivity index (χ4n) is 3.55. The first-order valence-electron chi connectivity index (χ1n) is 9.82. The number of benzene rings is 3. The number of aromatic nitrogens is 2. The Morgan fingerprint density at radius 2 is 1.69 bits per heavy atom. The standard InChI is InChI=1S/C24H20F4N2O2/c1-15-3-10-22(16(2)11-15)32-14-23(31,24(26,27)28)18-4-9-21-17(12-18)13-29-30(21)20-7-5-19(25)6-8-20/h3-13,31H,14H2,1-2H3. The number of alkyl halides is 3. The predicted octanol–water partition coefficient (Wildman–Crippen LogP) is 5.61. The lowest BCUT2D eigenvalue weighted by Crippen LogP contribution is -2.47. The van der Waals surface area contributed by atoms with E-state index in [0.717, 1.165) is 5.56 Å². The Morgan fingerprint density at radius 1 is 0.969 bits per heavy atom. The molecule has 0 saturated carbocycles. The zero-order valence-electron chi connectivity index (χ0n) is 17.3. The highest BCUT2D eigenvalue weighted by atomic mass is 19.4. The molecule has 0 aliphatic heterocycles. The number of aryl methyl sites for hydroxylation is 2. The Morgan fingerprint density at radius 3 is 2.34 bits per heavy atom. The van der Waals surface area contributed by atoms with Crippen molar-refractivity contribution >= 4 is 10.9 Å². The molecular weight excluding hydrogens is 424 g/mol. The second-order valence-electron chi connectivity index (χ2n) is 7.72. The fraction of sp³-hybridized carbons (Fsp3) is 0.208. The van der Waals surface area contributed by atoms with Crippen molar-refractivity contribution in [2.24, 2.45) is 0 Å². The predicted molar refractivity (Wildman–Crippen MR) is 112 cm³/mol. The molecule has 3 aromatic carbocycles. The lowest BCUT2D eigenvalue weighted by Gasteiger charge is -2.31. The van der Waals surface area contributed by atoms with Crippen molar-refractivity contribution in [2.75, 3.05) is 6.61 Å². The van der Waals surface area contributed by atoms with Gasteiger partial charge in [-0.1, -0.05) is 23.8 Å². The maximum atomic E-state index is 14.0. The molecule has 0 aliphatic carbocycles. The molecule has 1 unspecified atom stereocenters. The molecule has 0 spiro atoms. The molecule has 1 N–H and O–H groups in total. The number of hydrogen-bond donors (Lipinski definition) is 1. The normalized spacial score (nSPS) is 13.8. The molecule has 8 heteroatoms. The summed E-state index contributed by atoms with van der Waals surface area (Å²) in [6, 6.07) is 14.5. The van der Waals surface area contributed by atoms with Gasteiger partial charge in [-0.2, -0.15) is 18.3 Å². The molecule has 32 heavy (non-hydrogen) atoms. The quantitative estimate of drug-likeness (QED) is 0.407. The summed E-state index contributed by atoms with van der Waals surface area (Å²) in [5.41, 5.74) is -0.897. The minimum absolute atomic E-state index is 0.267. The third-order valence-corrected chi connectivity index (χ3v) is 5.35. The molecule has 1 aromatic heterocycles. The Hall–Kier alpha value is -3.39. The van der Waals surface area contributed by atoms with E-state index in [0.29, 0.717) is 22.2 Å². The molecule has 0 amide bonds. The van der Waals surface area contributed by atoms with Crippen LogP contribution in [0.25, 0.3) is 16.6 Å². The number of fused-ring (bicyclic) bond motifs is 1. The Kier molecular flexibility index (Phi) is 5.42. The number of rotatable bonds is 5. The lowest BCUT2D eigenvalue weighted by molar-refractivity contribution is -0.275. The first kappa shape index (κ1) is 21.8. The van der Waals surface area contributed by atoms with E-state index in [9.17, 15) is 22.7 Å². The maximum Gasteiger partial charge on any atom is 0.424 e. The Bertz CT molecular complexity index is 1270. The van der Waals surface area contributed by atoms with Gasteiger partial charge in [0, 0.05) is 5.39 Å². The van der Waals surface area contributed by atoms with Crippen LogP contribution in [0.1, 0.15) is 16.7 Å². The summed E-state index contributed by atoms with van der Waals surface area (Å²) in [5.74, 6) is -0.143. The van der Waals surface area contributed by atoms with Crippen LogP contribution < -0.4 is 4.74 Å². The van der Waals surface area contributed by atoms with Gasteiger partial charge in [-0.05, 0) is 67.4 Å². The van der Waals surface area contributed by atoms with Gasteiger partial charge < -0.3 is 9.84 Å². The van der Waals surface area contributed by atoms with E-state index in [1.54, 1.807) is 25.1 Å².